The summed E-state index contributed by atoms with van der Waals surface area (Å²) >= 11 is 5.82. The first kappa shape index (κ1) is 18.4. The molecule has 130 valence electrons. The molecule has 2 aromatic carbocycles. The largest absolute Gasteiger partial charge is 0.477 e. The number of nitro groups is 1. The van der Waals surface area contributed by atoms with E-state index < -0.39 is 10.8 Å². The van der Waals surface area contributed by atoms with Gasteiger partial charge < -0.3 is 10.1 Å². The number of halogens is 1. The zero-order valence-electron chi connectivity index (χ0n) is 13.3. The highest BCUT2D eigenvalue weighted by atomic mass is 35.5. The highest BCUT2D eigenvalue weighted by Gasteiger charge is 2.18. The quantitative estimate of drug-likeness (QED) is 0.463. The van der Waals surface area contributed by atoms with E-state index in [1.165, 1.54) is 12.1 Å². The van der Waals surface area contributed by atoms with Crippen LogP contribution in [0.5, 0.6) is 5.75 Å². The van der Waals surface area contributed by atoms with Crippen LogP contribution in [0.4, 0.5) is 5.69 Å². The molecule has 0 spiro atoms. The zero-order valence-corrected chi connectivity index (χ0v) is 14.0. The minimum atomic E-state index is -0.670. The number of carbonyl (C=O) groups excluding carboxylic acids is 2. The van der Waals surface area contributed by atoms with Gasteiger partial charge in [0.25, 0.3) is 5.91 Å². The fourth-order valence-corrected chi connectivity index (χ4v) is 2.26. The third kappa shape index (κ3) is 5.02. The molecule has 0 aromatic heterocycles. The van der Waals surface area contributed by atoms with E-state index >= 15 is 0 Å². The Morgan fingerprint density at radius 1 is 1.32 bits per heavy atom. The van der Waals surface area contributed by atoms with Gasteiger partial charge in [0.05, 0.1) is 11.0 Å². The summed E-state index contributed by atoms with van der Waals surface area (Å²) in [5.41, 5.74) is 0.641. The number of nitro benzene ring substituents is 1. The van der Waals surface area contributed by atoms with Crippen molar-refractivity contribution in [3.8, 4) is 5.75 Å². The van der Waals surface area contributed by atoms with Crippen molar-refractivity contribution in [3.05, 3.63) is 68.7 Å². The minimum Gasteiger partial charge on any atom is -0.477 e. The highest BCUT2D eigenvalue weighted by molar-refractivity contribution is 6.30. The Morgan fingerprint density at radius 3 is 2.60 bits per heavy atom. The van der Waals surface area contributed by atoms with Gasteiger partial charge in [-0.3, -0.25) is 19.7 Å². The van der Waals surface area contributed by atoms with Crippen LogP contribution in [0.1, 0.15) is 28.9 Å². The van der Waals surface area contributed by atoms with E-state index in [0.29, 0.717) is 11.3 Å². The van der Waals surface area contributed by atoms with Gasteiger partial charge >= 0.3 is 5.69 Å². The smallest absolute Gasteiger partial charge is 0.311 e. The second-order valence-corrected chi connectivity index (χ2v) is 5.67. The van der Waals surface area contributed by atoms with Crippen molar-refractivity contribution in [2.24, 2.45) is 0 Å². The Kier molecular flexibility index (Phi) is 6.08. The van der Waals surface area contributed by atoms with Gasteiger partial charge in [-0.2, -0.15) is 0 Å². The molecular formula is C17H15ClN2O5. The molecule has 0 aliphatic carbocycles. The Labute approximate surface area is 148 Å². The number of hydrogen-bond donors (Lipinski definition) is 1. The molecule has 0 unspecified atom stereocenters. The van der Waals surface area contributed by atoms with Gasteiger partial charge in [-0.1, -0.05) is 23.7 Å². The number of nitrogens with one attached hydrogen (secondary N) is 1. The van der Waals surface area contributed by atoms with Crippen molar-refractivity contribution < 1.29 is 19.2 Å². The lowest BCUT2D eigenvalue weighted by Crippen LogP contribution is -2.31. The monoisotopic (exact) mass is 362 g/mol. The Balaban J connectivity index is 1.99. The van der Waals surface area contributed by atoms with Crippen molar-refractivity contribution in [1.82, 2.24) is 5.32 Å². The predicted octanol–water partition coefficient (Wildman–Crippen LogP) is 3.32. The average Bonchev–Trinajstić information content (AvgIpc) is 2.60. The summed E-state index contributed by atoms with van der Waals surface area (Å²) in [6.45, 7) is 1.40. The number of aldehydes is 1. The fourth-order valence-electron chi connectivity index (χ4n) is 2.13. The standard InChI is InChI=1S/C17H15ClN2O5/c1-11(13-3-5-14(18)6-4-13)19-17(22)10-25-16-7-2-12(9-21)8-15(16)20(23)24/h2-9,11H,10H2,1H3,(H,19,22)/t11-/m1/s1. The molecule has 0 saturated carbocycles. The maximum absolute atomic E-state index is 12.0. The van der Waals surface area contributed by atoms with Gasteiger partial charge in [0.2, 0.25) is 0 Å². The molecule has 1 N–H and O–H groups in total. The van der Waals surface area contributed by atoms with E-state index in [9.17, 15) is 19.7 Å². The molecule has 8 heteroatoms. The summed E-state index contributed by atoms with van der Waals surface area (Å²) in [5.74, 6) is -0.513. The molecule has 0 heterocycles. The van der Waals surface area contributed by atoms with Crippen LogP contribution < -0.4 is 10.1 Å². The van der Waals surface area contributed by atoms with E-state index in [2.05, 4.69) is 5.32 Å². The second-order valence-electron chi connectivity index (χ2n) is 5.23. The van der Waals surface area contributed by atoms with Crippen LogP contribution in [-0.2, 0) is 4.79 Å². The van der Waals surface area contributed by atoms with Gasteiger partial charge in [0.1, 0.15) is 6.29 Å². The van der Waals surface area contributed by atoms with Crippen molar-refractivity contribution in [2.75, 3.05) is 6.61 Å². The van der Waals surface area contributed by atoms with Crippen molar-refractivity contribution in [1.29, 1.82) is 0 Å². The first-order valence-corrected chi connectivity index (χ1v) is 7.69. The molecule has 2 rings (SSSR count). The molecule has 0 aliphatic heterocycles. The third-order valence-electron chi connectivity index (χ3n) is 3.42. The number of nitrogens with zero attached hydrogens (tertiary/aromatic N) is 1. The van der Waals surface area contributed by atoms with Crippen LogP contribution in [0.25, 0.3) is 0 Å². The number of amides is 1. The van der Waals surface area contributed by atoms with Gasteiger partial charge in [0, 0.05) is 16.7 Å². The summed E-state index contributed by atoms with van der Waals surface area (Å²) in [4.78, 5) is 33.0. The lowest BCUT2D eigenvalue weighted by Gasteiger charge is -2.15. The number of carbonyl (C=O) groups is 2. The molecule has 0 aliphatic rings. The Morgan fingerprint density at radius 2 is 2.00 bits per heavy atom. The van der Waals surface area contributed by atoms with Gasteiger partial charge in [-0.25, -0.2) is 0 Å². The number of benzene rings is 2. The SMILES string of the molecule is C[C@@H](NC(=O)COc1ccc(C=O)cc1[N+](=O)[O-])c1ccc(Cl)cc1. The lowest BCUT2D eigenvalue weighted by atomic mass is 10.1. The minimum absolute atomic E-state index is 0.0788. The summed E-state index contributed by atoms with van der Waals surface area (Å²) in [7, 11) is 0. The van der Waals surface area contributed by atoms with Crippen molar-refractivity contribution >= 4 is 29.5 Å². The molecular weight excluding hydrogens is 348 g/mol. The highest BCUT2D eigenvalue weighted by Crippen LogP contribution is 2.27. The zero-order chi connectivity index (χ0) is 18.4. The summed E-state index contributed by atoms with van der Waals surface area (Å²) in [5, 5.41) is 14.3. The number of hydrogen-bond acceptors (Lipinski definition) is 5. The predicted molar refractivity (Wildman–Crippen MR) is 92.0 cm³/mol. The molecule has 0 saturated heterocycles. The van der Waals surface area contributed by atoms with Gasteiger partial charge in [-0.15, -0.1) is 0 Å². The molecule has 0 fully saturated rings. The average molecular weight is 363 g/mol. The Bertz CT molecular complexity index is 792. The fraction of sp³-hybridized carbons (Fsp3) is 0.176. The van der Waals surface area contributed by atoms with Crippen LogP contribution in [0.3, 0.4) is 0 Å². The number of rotatable bonds is 7. The van der Waals surface area contributed by atoms with Crippen molar-refractivity contribution in [3.63, 3.8) is 0 Å². The molecule has 1 atom stereocenters. The molecule has 0 bridgehead atoms. The van der Waals surface area contributed by atoms with E-state index in [1.54, 1.807) is 31.2 Å². The van der Waals surface area contributed by atoms with Crippen LogP contribution in [0, 0.1) is 10.1 Å². The maximum Gasteiger partial charge on any atom is 0.311 e. The molecule has 2 aromatic rings. The summed E-state index contributed by atoms with van der Waals surface area (Å²) < 4.78 is 5.22. The second kappa shape index (κ2) is 8.25. The van der Waals surface area contributed by atoms with Crippen molar-refractivity contribution in [2.45, 2.75) is 13.0 Å². The first-order valence-electron chi connectivity index (χ1n) is 7.32. The van der Waals surface area contributed by atoms with Crippen LogP contribution in [0.15, 0.2) is 42.5 Å². The van der Waals surface area contributed by atoms with E-state index in [1.807, 2.05) is 0 Å². The van der Waals surface area contributed by atoms with Crippen LogP contribution in [-0.4, -0.2) is 23.7 Å². The first-order chi connectivity index (χ1) is 11.9. The maximum atomic E-state index is 12.0. The molecule has 0 radical (unpaired) electrons. The number of ether oxygens (including phenoxy) is 1. The topological polar surface area (TPSA) is 98.5 Å². The summed E-state index contributed by atoms with van der Waals surface area (Å²) in [6, 6.07) is 10.5. The van der Waals surface area contributed by atoms with E-state index in [0.717, 1.165) is 11.6 Å². The Hall–Kier alpha value is -2.93. The van der Waals surface area contributed by atoms with Gasteiger partial charge in [-0.05, 0) is 36.8 Å². The molecule has 7 nitrogen and oxygen atoms in total. The third-order valence-corrected chi connectivity index (χ3v) is 3.67. The van der Waals surface area contributed by atoms with Crippen LogP contribution in [0.2, 0.25) is 5.02 Å². The summed E-state index contributed by atoms with van der Waals surface area (Å²) in [6.07, 6.45) is 0.497. The normalized spacial score (nSPS) is 11.4. The lowest BCUT2D eigenvalue weighted by molar-refractivity contribution is -0.385. The van der Waals surface area contributed by atoms with E-state index in [-0.39, 0.29) is 29.6 Å². The molecule has 25 heavy (non-hydrogen) atoms. The molecule has 1 amide bonds. The van der Waals surface area contributed by atoms with Gasteiger partial charge in [0.15, 0.2) is 12.4 Å². The van der Waals surface area contributed by atoms with E-state index in [4.69, 9.17) is 16.3 Å². The van der Waals surface area contributed by atoms with Crippen LogP contribution >= 0.6 is 11.6 Å².